The van der Waals surface area contributed by atoms with Gasteiger partial charge in [0.05, 0.1) is 25.3 Å². The standard InChI is InChI=1S/C22H22BrF3N4O3S/c1-2-33-21(32)17-16(9-30-11-22(25,26)8-13(30)10-31)28-19(20-27-5-6-34-20)29-18(17)14-4-3-12(24)7-15(14)23/h3-7,13,18,31H,2,8-11H2,1H3,(H,28,29)/t13-,18+/m1/s1. The molecule has 1 aromatic carbocycles. The van der Waals surface area contributed by atoms with E-state index in [2.05, 4.69) is 31.2 Å². The van der Waals surface area contributed by atoms with Crippen molar-refractivity contribution >= 4 is 39.1 Å². The number of likely N-dealkylation sites (tertiary alicyclic amines) is 1. The second-order valence-corrected chi connectivity index (χ2v) is 9.67. The largest absolute Gasteiger partial charge is 0.463 e. The van der Waals surface area contributed by atoms with Crippen LogP contribution in [0.5, 0.6) is 0 Å². The van der Waals surface area contributed by atoms with E-state index in [0.29, 0.717) is 26.6 Å². The van der Waals surface area contributed by atoms with Crippen LogP contribution in [0.2, 0.25) is 0 Å². The van der Waals surface area contributed by atoms with Gasteiger partial charge in [0.1, 0.15) is 11.9 Å². The van der Waals surface area contributed by atoms with Crippen LogP contribution in [-0.4, -0.2) is 65.1 Å². The highest BCUT2D eigenvalue weighted by molar-refractivity contribution is 9.10. The van der Waals surface area contributed by atoms with Crippen LogP contribution in [0, 0.1) is 5.82 Å². The average molecular weight is 559 g/mol. The van der Waals surface area contributed by atoms with Gasteiger partial charge in [-0.05, 0) is 24.6 Å². The number of nitrogens with one attached hydrogen (secondary N) is 1. The van der Waals surface area contributed by atoms with Crippen LogP contribution in [-0.2, 0) is 9.53 Å². The van der Waals surface area contributed by atoms with Gasteiger partial charge in [-0.3, -0.25) is 9.89 Å². The van der Waals surface area contributed by atoms with Crippen LogP contribution in [0.3, 0.4) is 0 Å². The first-order valence-electron chi connectivity index (χ1n) is 10.5. The van der Waals surface area contributed by atoms with Crippen molar-refractivity contribution in [2.45, 2.75) is 31.4 Å². The first-order chi connectivity index (χ1) is 16.2. The number of alkyl halides is 2. The van der Waals surface area contributed by atoms with Crippen LogP contribution in [0.15, 0.2) is 50.5 Å². The number of hydrogen-bond donors (Lipinski definition) is 2. The van der Waals surface area contributed by atoms with Crippen molar-refractivity contribution in [3.05, 3.63) is 61.9 Å². The van der Waals surface area contributed by atoms with E-state index in [1.54, 1.807) is 18.5 Å². The molecule has 0 radical (unpaired) electrons. The van der Waals surface area contributed by atoms with E-state index < -0.39 is 49.4 Å². The number of rotatable bonds is 7. The van der Waals surface area contributed by atoms with Crippen LogP contribution < -0.4 is 5.32 Å². The summed E-state index contributed by atoms with van der Waals surface area (Å²) in [5.74, 6) is -3.75. The topological polar surface area (TPSA) is 87.0 Å². The minimum absolute atomic E-state index is 0.0747. The number of aliphatic hydroxyl groups excluding tert-OH is 1. The zero-order chi connectivity index (χ0) is 24.5. The van der Waals surface area contributed by atoms with E-state index in [-0.39, 0.29) is 18.7 Å². The van der Waals surface area contributed by atoms with E-state index in [1.807, 2.05) is 0 Å². The smallest absolute Gasteiger partial charge is 0.338 e. The molecular weight excluding hydrogens is 537 g/mol. The van der Waals surface area contributed by atoms with Gasteiger partial charge in [-0.1, -0.05) is 22.0 Å². The average Bonchev–Trinajstić information content (AvgIpc) is 3.41. The van der Waals surface area contributed by atoms with Crippen LogP contribution >= 0.6 is 27.3 Å². The number of aliphatic hydroxyl groups is 1. The molecular formula is C22H22BrF3N4O3S. The number of carbonyl (C=O) groups is 1. The molecule has 182 valence electrons. The molecule has 0 amide bonds. The van der Waals surface area contributed by atoms with Crippen LogP contribution in [0.25, 0.3) is 0 Å². The van der Waals surface area contributed by atoms with Crippen molar-refractivity contribution in [2.24, 2.45) is 4.99 Å². The van der Waals surface area contributed by atoms with Gasteiger partial charge in [0.15, 0.2) is 10.8 Å². The van der Waals surface area contributed by atoms with Crippen LogP contribution in [0.4, 0.5) is 13.2 Å². The number of aliphatic imine (C=N–C) groups is 1. The molecule has 12 heteroatoms. The van der Waals surface area contributed by atoms with Crippen molar-refractivity contribution in [3.63, 3.8) is 0 Å². The summed E-state index contributed by atoms with van der Waals surface area (Å²) in [6.07, 6.45) is 1.12. The van der Waals surface area contributed by atoms with E-state index in [4.69, 9.17) is 4.74 Å². The van der Waals surface area contributed by atoms with Crippen molar-refractivity contribution in [1.82, 2.24) is 15.2 Å². The molecule has 34 heavy (non-hydrogen) atoms. The predicted molar refractivity (Wildman–Crippen MR) is 124 cm³/mol. The van der Waals surface area contributed by atoms with Gasteiger partial charge in [0.2, 0.25) is 0 Å². The Morgan fingerprint density at radius 1 is 1.44 bits per heavy atom. The summed E-state index contributed by atoms with van der Waals surface area (Å²) in [7, 11) is 0. The third-order valence-electron chi connectivity index (χ3n) is 5.57. The molecule has 7 nitrogen and oxygen atoms in total. The maximum Gasteiger partial charge on any atom is 0.338 e. The van der Waals surface area contributed by atoms with Crippen molar-refractivity contribution < 1.29 is 27.8 Å². The lowest BCUT2D eigenvalue weighted by molar-refractivity contribution is -0.139. The number of aromatic nitrogens is 1. The molecule has 0 spiro atoms. The lowest BCUT2D eigenvalue weighted by Gasteiger charge is -2.31. The maximum absolute atomic E-state index is 14.1. The SMILES string of the molecule is CCOC(=O)C1=C(CN2CC(F)(F)C[C@@H]2CO)NC(c2nccs2)=N[C@H]1c1ccc(F)cc1Br. The number of halogens is 4. The fraction of sp³-hybridized carbons (Fsp3) is 0.409. The van der Waals surface area contributed by atoms with Gasteiger partial charge in [-0.15, -0.1) is 11.3 Å². The first kappa shape index (κ1) is 24.8. The lowest BCUT2D eigenvalue weighted by Crippen LogP contribution is -2.42. The van der Waals surface area contributed by atoms with E-state index >= 15 is 0 Å². The van der Waals surface area contributed by atoms with Crippen molar-refractivity contribution in [2.75, 3.05) is 26.3 Å². The summed E-state index contributed by atoms with van der Waals surface area (Å²) in [5.41, 5.74) is 0.945. The second kappa shape index (κ2) is 10.1. The number of thiazole rings is 1. The Labute approximate surface area is 206 Å². The summed E-state index contributed by atoms with van der Waals surface area (Å²) >= 11 is 4.66. The number of esters is 1. The Morgan fingerprint density at radius 3 is 2.88 bits per heavy atom. The van der Waals surface area contributed by atoms with Gasteiger partial charge in [-0.25, -0.2) is 22.9 Å². The zero-order valence-electron chi connectivity index (χ0n) is 18.1. The van der Waals surface area contributed by atoms with E-state index in [1.165, 1.54) is 34.4 Å². The number of nitrogens with zero attached hydrogens (tertiary/aromatic N) is 3. The Balaban J connectivity index is 1.83. The molecule has 0 bridgehead atoms. The molecule has 2 aliphatic rings. The molecule has 2 N–H and O–H groups in total. The summed E-state index contributed by atoms with van der Waals surface area (Å²) < 4.78 is 47.8. The van der Waals surface area contributed by atoms with Gasteiger partial charge in [-0.2, -0.15) is 0 Å². The van der Waals surface area contributed by atoms with Crippen molar-refractivity contribution in [3.8, 4) is 0 Å². The Morgan fingerprint density at radius 2 is 2.24 bits per heavy atom. The third-order valence-corrected chi connectivity index (χ3v) is 7.04. The number of ether oxygens (including phenoxy) is 1. The fourth-order valence-electron chi connectivity index (χ4n) is 4.10. The van der Waals surface area contributed by atoms with Crippen LogP contribution in [0.1, 0.15) is 30.0 Å². The summed E-state index contributed by atoms with van der Waals surface area (Å²) in [6.45, 7) is 0.669. The number of carbonyl (C=O) groups excluding carboxylic acids is 1. The summed E-state index contributed by atoms with van der Waals surface area (Å²) in [4.78, 5) is 23.5. The molecule has 2 atom stereocenters. The first-order valence-corrected chi connectivity index (χ1v) is 12.2. The van der Waals surface area contributed by atoms with E-state index in [0.717, 1.165) is 0 Å². The number of hydrogen-bond acceptors (Lipinski definition) is 8. The van der Waals surface area contributed by atoms with E-state index in [9.17, 15) is 23.1 Å². The Hall–Kier alpha value is -2.28. The number of benzene rings is 1. The molecule has 0 aliphatic carbocycles. The maximum atomic E-state index is 14.1. The zero-order valence-corrected chi connectivity index (χ0v) is 20.5. The lowest BCUT2D eigenvalue weighted by atomic mass is 9.95. The minimum atomic E-state index is -2.96. The monoisotopic (exact) mass is 558 g/mol. The third kappa shape index (κ3) is 5.19. The molecule has 3 heterocycles. The molecule has 1 aromatic heterocycles. The molecule has 4 rings (SSSR count). The Bertz CT molecular complexity index is 1130. The second-order valence-electron chi connectivity index (χ2n) is 7.92. The highest BCUT2D eigenvalue weighted by atomic mass is 79.9. The normalized spacial score (nSPS) is 22.5. The molecule has 2 aliphatic heterocycles. The quantitative estimate of drug-likeness (QED) is 0.504. The summed E-state index contributed by atoms with van der Waals surface area (Å²) in [6, 6.07) is 2.36. The predicted octanol–water partition coefficient (Wildman–Crippen LogP) is 3.65. The molecule has 1 saturated heterocycles. The van der Waals surface area contributed by atoms with Gasteiger partial charge < -0.3 is 15.2 Å². The highest BCUT2D eigenvalue weighted by Gasteiger charge is 2.45. The molecule has 2 aromatic rings. The minimum Gasteiger partial charge on any atom is -0.463 e. The number of amidine groups is 1. The Kier molecular flexibility index (Phi) is 7.41. The molecule has 0 saturated carbocycles. The summed E-state index contributed by atoms with van der Waals surface area (Å²) in [5, 5.41) is 15.1. The molecule has 0 unspecified atom stereocenters. The fourth-order valence-corrected chi connectivity index (χ4v) is 5.26. The highest BCUT2D eigenvalue weighted by Crippen LogP contribution is 2.38. The van der Waals surface area contributed by atoms with Gasteiger partial charge >= 0.3 is 5.97 Å². The van der Waals surface area contributed by atoms with Gasteiger partial charge in [0.25, 0.3) is 5.92 Å². The van der Waals surface area contributed by atoms with Crippen molar-refractivity contribution in [1.29, 1.82) is 0 Å². The molecule has 1 fully saturated rings. The van der Waals surface area contributed by atoms with Gasteiger partial charge in [0, 0.05) is 40.8 Å².